The largest absolute Gasteiger partial charge is 0.366 e. The standard InChI is InChI=1S/C14H13N5/c1-3-13(19-8-7-16-11-19)4-2-12(1)9-17-14-5-6-15-10-18-14/h1-8,10-11H,9H2,(H,15,17,18). The first kappa shape index (κ1) is 11.4. The zero-order chi connectivity index (χ0) is 12.9. The average Bonchev–Trinajstić information content (AvgIpc) is 3.01. The van der Waals surface area contributed by atoms with E-state index in [1.165, 1.54) is 11.9 Å². The fourth-order valence-electron chi connectivity index (χ4n) is 1.79. The van der Waals surface area contributed by atoms with Crippen LogP contribution in [0.3, 0.4) is 0 Å². The van der Waals surface area contributed by atoms with Crippen molar-refractivity contribution in [2.45, 2.75) is 6.54 Å². The number of anilines is 1. The molecular weight excluding hydrogens is 238 g/mol. The lowest BCUT2D eigenvalue weighted by Crippen LogP contribution is -2.01. The van der Waals surface area contributed by atoms with Gasteiger partial charge in [-0.05, 0) is 23.8 Å². The van der Waals surface area contributed by atoms with Gasteiger partial charge < -0.3 is 9.88 Å². The van der Waals surface area contributed by atoms with Gasteiger partial charge >= 0.3 is 0 Å². The summed E-state index contributed by atoms with van der Waals surface area (Å²) in [5.41, 5.74) is 2.30. The van der Waals surface area contributed by atoms with E-state index in [1.807, 2.05) is 16.8 Å². The molecule has 0 saturated heterocycles. The maximum absolute atomic E-state index is 4.12. The van der Waals surface area contributed by atoms with Crippen molar-refractivity contribution in [3.8, 4) is 5.69 Å². The molecule has 2 aromatic heterocycles. The van der Waals surface area contributed by atoms with E-state index in [0.29, 0.717) is 0 Å². The summed E-state index contributed by atoms with van der Waals surface area (Å²) in [5, 5.41) is 3.24. The SMILES string of the molecule is c1cc(NCc2ccc(-n3ccnc3)cc2)ncn1. The van der Waals surface area contributed by atoms with Gasteiger partial charge in [0.25, 0.3) is 0 Å². The molecule has 0 amide bonds. The van der Waals surface area contributed by atoms with Crippen molar-refractivity contribution in [1.82, 2.24) is 19.5 Å². The van der Waals surface area contributed by atoms with Crippen molar-refractivity contribution in [3.63, 3.8) is 0 Å². The van der Waals surface area contributed by atoms with Gasteiger partial charge in [-0.2, -0.15) is 0 Å². The van der Waals surface area contributed by atoms with Crippen LogP contribution in [0.25, 0.3) is 5.69 Å². The monoisotopic (exact) mass is 251 g/mol. The highest BCUT2D eigenvalue weighted by Gasteiger charge is 1.97. The minimum atomic E-state index is 0.737. The van der Waals surface area contributed by atoms with E-state index in [9.17, 15) is 0 Å². The van der Waals surface area contributed by atoms with Crippen molar-refractivity contribution in [2.24, 2.45) is 0 Å². The topological polar surface area (TPSA) is 55.6 Å². The molecule has 0 aliphatic carbocycles. The summed E-state index contributed by atoms with van der Waals surface area (Å²) < 4.78 is 1.97. The maximum atomic E-state index is 4.12. The van der Waals surface area contributed by atoms with Crippen LogP contribution in [0.4, 0.5) is 5.82 Å². The first-order valence-corrected chi connectivity index (χ1v) is 5.99. The van der Waals surface area contributed by atoms with E-state index in [-0.39, 0.29) is 0 Å². The molecule has 19 heavy (non-hydrogen) atoms. The highest BCUT2D eigenvalue weighted by molar-refractivity contribution is 5.37. The number of rotatable bonds is 4. The molecule has 5 nitrogen and oxygen atoms in total. The smallest absolute Gasteiger partial charge is 0.129 e. The van der Waals surface area contributed by atoms with Gasteiger partial charge in [-0.15, -0.1) is 0 Å². The lowest BCUT2D eigenvalue weighted by molar-refractivity contribution is 1.04. The summed E-state index contributed by atoms with van der Waals surface area (Å²) in [5.74, 6) is 0.827. The van der Waals surface area contributed by atoms with Crippen molar-refractivity contribution >= 4 is 5.82 Å². The number of hydrogen-bond acceptors (Lipinski definition) is 4. The molecule has 1 aromatic carbocycles. The van der Waals surface area contributed by atoms with Crippen LogP contribution < -0.4 is 5.32 Å². The van der Waals surface area contributed by atoms with Crippen LogP contribution in [0.5, 0.6) is 0 Å². The van der Waals surface area contributed by atoms with Crippen molar-refractivity contribution < 1.29 is 0 Å². The molecule has 3 rings (SSSR count). The molecule has 94 valence electrons. The van der Waals surface area contributed by atoms with Crippen molar-refractivity contribution in [3.05, 3.63) is 67.1 Å². The zero-order valence-electron chi connectivity index (χ0n) is 10.3. The van der Waals surface area contributed by atoms with Crippen LogP contribution in [-0.2, 0) is 6.54 Å². The van der Waals surface area contributed by atoms with Gasteiger partial charge in [0.15, 0.2) is 0 Å². The summed E-state index contributed by atoms with van der Waals surface area (Å²) in [6.45, 7) is 0.737. The van der Waals surface area contributed by atoms with E-state index < -0.39 is 0 Å². The second-order valence-electron chi connectivity index (χ2n) is 4.08. The molecule has 0 fully saturated rings. The van der Waals surface area contributed by atoms with E-state index in [0.717, 1.165) is 18.1 Å². The Kier molecular flexibility index (Phi) is 3.18. The normalized spacial score (nSPS) is 10.3. The van der Waals surface area contributed by atoms with Gasteiger partial charge in [0.1, 0.15) is 12.1 Å². The Bertz CT molecular complexity index is 617. The molecule has 2 heterocycles. The Morgan fingerprint density at radius 1 is 1.00 bits per heavy atom. The molecule has 1 N–H and O–H groups in total. The molecule has 0 saturated carbocycles. The Morgan fingerprint density at radius 2 is 1.89 bits per heavy atom. The number of hydrogen-bond donors (Lipinski definition) is 1. The van der Waals surface area contributed by atoms with E-state index in [1.54, 1.807) is 18.7 Å². The van der Waals surface area contributed by atoms with Gasteiger partial charge in [-0.3, -0.25) is 0 Å². The molecule has 3 aromatic rings. The highest BCUT2D eigenvalue weighted by atomic mass is 15.0. The molecule has 5 heteroatoms. The third kappa shape index (κ3) is 2.77. The number of nitrogens with zero attached hydrogens (tertiary/aromatic N) is 4. The summed E-state index contributed by atoms with van der Waals surface area (Å²) >= 11 is 0. The predicted molar refractivity (Wildman–Crippen MR) is 72.9 cm³/mol. The lowest BCUT2D eigenvalue weighted by Gasteiger charge is -2.06. The van der Waals surface area contributed by atoms with Gasteiger partial charge in [0.05, 0.1) is 6.33 Å². The average molecular weight is 251 g/mol. The van der Waals surface area contributed by atoms with Crippen LogP contribution in [0.2, 0.25) is 0 Å². The molecule has 0 aliphatic rings. The maximum Gasteiger partial charge on any atom is 0.129 e. The summed E-state index contributed by atoms with van der Waals surface area (Å²) in [6, 6.07) is 10.2. The minimum Gasteiger partial charge on any atom is -0.366 e. The Labute approximate surface area is 111 Å². The quantitative estimate of drug-likeness (QED) is 0.773. The van der Waals surface area contributed by atoms with Gasteiger partial charge in [0, 0.05) is 30.8 Å². The van der Waals surface area contributed by atoms with Crippen molar-refractivity contribution in [2.75, 3.05) is 5.32 Å². The number of aromatic nitrogens is 4. The van der Waals surface area contributed by atoms with Crippen LogP contribution in [0, 0.1) is 0 Å². The van der Waals surface area contributed by atoms with Crippen LogP contribution >= 0.6 is 0 Å². The molecule has 0 aliphatic heterocycles. The summed E-state index contributed by atoms with van der Waals surface area (Å²) in [6.07, 6.45) is 8.73. The number of benzene rings is 1. The van der Waals surface area contributed by atoms with E-state index in [4.69, 9.17) is 0 Å². The van der Waals surface area contributed by atoms with E-state index in [2.05, 4.69) is 44.5 Å². The third-order valence-corrected chi connectivity index (χ3v) is 2.79. The molecular formula is C14H13N5. The van der Waals surface area contributed by atoms with Crippen molar-refractivity contribution in [1.29, 1.82) is 0 Å². The fraction of sp³-hybridized carbons (Fsp3) is 0.0714. The second-order valence-corrected chi connectivity index (χ2v) is 4.08. The van der Waals surface area contributed by atoms with Crippen LogP contribution in [-0.4, -0.2) is 19.5 Å². The first-order valence-electron chi connectivity index (χ1n) is 5.99. The predicted octanol–water partition coefficient (Wildman–Crippen LogP) is 2.27. The summed E-state index contributed by atoms with van der Waals surface area (Å²) in [7, 11) is 0. The van der Waals surface area contributed by atoms with Crippen LogP contribution in [0.15, 0.2) is 61.6 Å². The first-order chi connectivity index (χ1) is 9.42. The van der Waals surface area contributed by atoms with Gasteiger partial charge in [-0.1, -0.05) is 12.1 Å². The fourth-order valence-corrected chi connectivity index (χ4v) is 1.79. The Morgan fingerprint density at radius 3 is 2.58 bits per heavy atom. The minimum absolute atomic E-state index is 0.737. The summed E-state index contributed by atoms with van der Waals surface area (Å²) in [4.78, 5) is 12.0. The lowest BCUT2D eigenvalue weighted by atomic mass is 10.2. The molecule has 0 atom stereocenters. The molecule has 0 radical (unpaired) electrons. The van der Waals surface area contributed by atoms with Gasteiger partial charge in [0.2, 0.25) is 0 Å². The second kappa shape index (κ2) is 5.30. The number of imidazole rings is 1. The van der Waals surface area contributed by atoms with Gasteiger partial charge in [-0.25, -0.2) is 15.0 Å². The number of nitrogens with one attached hydrogen (secondary N) is 1. The Hall–Kier alpha value is -2.69. The van der Waals surface area contributed by atoms with Crippen LogP contribution in [0.1, 0.15) is 5.56 Å². The Balaban J connectivity index is 1.67. The molecule has 0 unspecified atom stereocenters. The molecule has 0 bridgehead atoms. The van der Waals surface area contributed by atoms with E-state index >= 15 is 0 Å². The highest BCUT2D eigenvalue weighted by Crippen LogP contribution is 2.10. The molecule has 0 spiro atoms. The zero-order valence-corrected chi connectivity index (χ0v) is 10.3. The third-order valence-electron chi connectivity index (χ3n) is 2.79.